The summed E-state index contributed by atoms with van der Waals surface area (Å²) in [7, 11) is 0. The van der Waals surface area contributed by atoms with Crippen molar-refractivity contribution in [2.75, 3.05) is 13.1 Å². The molecule has 0 unspecified atom stereocenters. The van der Waals surface area contributed by atoms with Gasteiger partial charge in [0.2, 0.25) is 5.91 Å². The monoisotopic (exact) mass is 302 g/mol. The van der Waals surface area contributed by atoms with Crippen molar-refractivity contribution in [3.8, 4) is 0 Å². The number of nitrogens with one attached hydrogen (secondary N) is 1. The molecule has 118 valence electrons. The van der Waals surface area contributed by atoms with Gasteiger partial charge < -0.3 is 10.1 Å². The van der Waals surface area contributed by atoms with E-state index in [1.54, 1.807) is 4.90 Å². The second kappa shape index (κ2) is 6.38. The smallest absolute Gasteiger partial charge is 0.411 e. The molecule has 1 N–H and O–H groups in total. The van der Waals surface area contributed by atoms with E-state index in [0.29, 0.717) is 13.1 Å². The predicted molar refractivity (Wildman–Crippen MR) is 82.2 cm³/mol. The Morgan fingerprint density at radius 1 is 1.18 bits per heavy atom. The maximum Gasteiger partial charge on any atom is 0.411 e. The van der Waals surface area contributed by atoms with E-state index in [0.717, 1.165) is 37.7 Å². The third-order valence-corrected chi connectivity index (χ3v) is 4.67. The SMILES string of the molecule is O=C(OCc1ccccc1)N1CCNC(=O)C12CCCCC2. The Morgan fingerprint density at radius 3 is 2.64 bits per heavy atom. The van der Waals surface area contributed by atoms with Gasteiger partial charge in [-0.05, 0) is 18.4 Å². The van der Waals surface area contributed by atoms with Crippen LogP contribution in [-0.2, 0) is 16.1 Å². The summed E-state index contributed by atoms with van der Waals surface area (Å²) in [4.78, 5) is 26.6. The minimum Gasteiger partial charge on any atom is -0.445 e. The molecule has 1 aliphatic carbocycles. The van der Waals surface area contributed by atoms with Crippen LogP contribution in [0.4, 0.5) is 4.79 Å². The molecule has 2 aliphatic rings. The normalized spacial score (nSPS) is 20.5. The molecule has 5 heteroatoms. The first kappa shape index (κ1) is 14.9. The lowest BCUT2D eigenvalue weighted by atomic mass is 9.78. The van der Waals surface area contributed by atoms with Gasteiger partial charge in [-0.1, -0.05) is 49.6 Å². The van der Waals surface area contributed by atoms with E-state index < -0.39 is 5.54 Å². The zero-order valence-corrected chi connectivity index (χ0v) is 12.7. The molecule has 1 aliphatic heterocycles. The average Bonchev–Trinajstić information content (AvgIpc) is 2.57. The largest absolute Gasteiger partial charge is 0.445 e. The first-order valence-electron chi connectivity index (χ1n) is 7.99. The second-order valence-corrected chi connectivity index (χ2v) is 6.04. The predicted octanol–water partition coefficient (Wildman–Crippen LogP) is 2.46. The van der Waals surface area contributed by atoms with Crippen LogP contribution >= 0.6 is 0 Å². The molecule has 1 heterocycles. The number of carbonyl (C=O) groups is 2. The third-order valence-electron chi connectivity index (χ3n) is 4.67. The highest BCUT2D eigenvalue weighted by molar-refractivity contribution is 5.91. The van der Waals surface area contributed by atoms with Gasteiger partial charge in [-0.15, -0.1) is 0 Å². The number of hydrogen-bond donors (Lipinski definition) is 1. The third kappa shape index (κ3) is 2.80. The van der Waals surface area contributed by atoms with Gasteiger partial charge in [0.25, 0.3) is 0 Å². The molecule has 0 atom stereocenters. The molecule has 1 aromatic carbocycles. The highest BCUT2D eigenvalue weighted by Crippen LogP contribution is 2.35. The quantitative estimate of drug-likeness (QED) is 0.913. The number of piperazine rings is 1. The Balaban J connectivity index is 1.70. The molecule has 1 saturated carbocycles. The van der Waals surface area contributed by atoms with Crippen LogP contribution in [-0.4, -0.2) is 35.5 Å². The van der Waals surface area contributed by atoms with E-state index >= 15 is 0 Å². The van der Waals surface area contributed by atoms with Crippen LogP contribution in [0.2, 0.25) is 0 Å². The van der Waals surface area contributed by atoms with Crippen LogP contribution in [0.15, 0.2) is 30.3 Å². The van der Waals surface area contributed by atoms with Crippen molar-refractivity contribution in [1.82, 2.24) is 10.2 Å². The standard InChI is InChI=1S/C17H22N2O3/c20-15-17(9-5-2-6-10-17)19(12-11-18-15)16(21)22-13-14-7-3-1-4-8-14/h1,3-4,7-8H,2,5-6,9-13H2,(H,18,20). The number of amides is 2. The maximum atomic E-state index is 12.5. The molecule has 2 fully saturated rings. The fraction of sp³-hybridized carbons (Fsp3) is 0.529. The van der Waals surface area contributed by atoms with Crippen LogP contribution in [0.25, 0.3) is 0 Å². The minimum absolute atomic E-state index is 0.0184. The Morgan fingerprint density at radius 2 is 1.91 bits per heavy atom. The number of hydrogen-bond acceptors (Lipinski definition) is 3. The lowest BCUT2D eigenvalue weighted by Gasteiger charge is -2.47. The molecule has 22 heavy (non-hydrogen) atoms. The summed E-state index contributed by atoms with van der Waals surface area (Å²) in [6.45, 7) is 1.27. The zero-order valence-electron chi connectivity index (χ0n) is 12.7. The molecule has 1 aromatic rings. The number of rotatable bonds is 2. The van der Waals surface area contributed by atoms with Crippen LogP contribution in [0.5, 0.6) is 0 Å². The molecule has 0 bridgehead atoms. The summed E-state index contributed by atoms with van der Waals surface area (Å²) >= 11 is 0. The van der Waals surface area contributed by atoms with Gasteiger partial charge in [0, 0.05) is 13.1 Å². The minimum atomic E-state index is -0.690. The Kier molecular flexibility index (Phi) is 4.32. The highest BCUT2D eigenvalue weighted by atomic mass is 16.6. The summed E-state index contributed by atoms with van der Waals surface area (Å²) in [5.41, 5.74) is 0.264. The van der Waals surface area contributed by atoms with Gasteiger partial charge in [0.15, 0.2) is 0 Å². The zero-order chi connectivity index (χ0) is 15.4. The fourth-order valence-corrected chi connectivity index (χ4v) is 3.48. The number of carbonyl (C=O) groups excluding carboxylic acids is 2. The van der Waals surface area contributed by atoms with Crippen molar-refractivity contribution in [1.29, 1.82) is 0 Å². The van der Waals surface area contributed by atoms with E-state index in [2.05, 4.69) is 5.32 Å². The summed E-state index contributed by atoms with van der Waals surface area (Å²) in [5, 5.41) is 2.91. The molecular weight excluding hydrogens is 280 g/mol. The Bertz CT molecular complexity index is 538. The molecule has 0 aromatic heterocycles. The van der Waals surface area contributed by atoms with E-state index in [1.807, 2.05) is 30.3 Å². The van der Waals surface area contributed by atoms with E-state index in [1.165, 1.54) is 0 Å². The average molecular weight is 302 g/mol. The van der Waals surface area contributed by atoms with Crippen LogP contribution < -0.4 is 5.32 Å². The van der Waals surface area contributed by atoms with Crippen LogP contribution in [0.3, 0.4) is 0 Å². The number of nitrogens with zero attached hydrogens (tertiary/aromatic N) is 1. The Labute approximate surface area is 130 Å². The van der Waals surface area contributed by atoms with Crippen molar-refractivity contribution >= 4 is 12.0 Å². The van der Waals surface area contributed by atoms with Gasteiger partial charge in [0.05, 0.1) is 0 Å². The van der Waals surface area contributed by atoms with Crippen molar-refractivity contribution < 1.29 is 14.3 Å². The van der Waals surface area contributed by atoms with Gasteiger partial charge in [-0.25, -0.2) is 4.79 Å². The molecule has 3 rings (SSSR count). The maximum absolute atomic E-state index is 12.5. The van der Waals surface area contributed by atoms with Crippen LogP contribution in [0.1, 0.15) is 37.7 Å². The topological polar surface area (TPSA) is 58.6 Å². The molecule has 5 nitrogen and oxygen atoms in total. The molecule has 1 spiro atoms. The van der Waals surface area contributed by atoms with Gasteiger partial charge in [-0.2, -0.15) is 0 Å². The summed E-state index contributed by atoms with van der Waals surface area (Å²) < 4.78 is 5.45. The second-order valence-electron chi connectivity index (χ2n) is 6.04. The van der Waals surface area contributed by atoms with Gasteiger partial charge in [0.1, 0.15) is 12.1 Å². The fourth-order valence-electron chi connectivity index (χ4n) is 3.48. The highest BCUT2D eigenvalue weighted by Gasteiger charge is 2.49. The lowest BCUT2D eigenvalue weighted by molar-refractivity contribution is -0.138. The Hall–Kier alpha value is -2.04. The molecule has 1 saturated heterocycles. The van der Waals surface area contributed by atoms with Gasteiger partial charge in [-0.3, -0.25) is 9.69 Å². The van der Waals surface area contributed by atoms with Crippen molar-refractivity contribution in [3.63, 3.8) is 0 Å². The van der Waals surface area contributed by atoms with E-state index in [9.17, 15) is 9.59 Å². The molecular formula is C17H22N2O3. The van der Waals surface area contributed by atoms with Crippen LogP contribution in [0, 0.1) is 0 Å². The van der Waals surface area contributed by atoms with Crippen molar-refractivity contribution in [3.05, 3.63) is 35.9 Å². The van der Waals surface area contributed by atoms with E-state index in [4.69, 9.17) is 4.74 Å². The summed E-state index contributed by atoms with van der Waals surface area (Å²) in [6.07, 6.45) is 4.19. The molecule has 2 amide bonds. The van der Waals surface area contributed by atoms with Crippen molar-refractivity contribution in [2.45, 2.75) is 44.2 Å². The van der Waals surface area contributed by atoms with Crippen molar-refractivity contribution in [2.24, 2.45) is 0 Å². The first-order chi connectivity index (χ1) is 10.7. The van der Waals surface area contributed by atoms with Gasteiger partial charge >= 0.3 is 6.09 Å². The number of benzene rings is 1. The lowest BCUT2D eigenvalue weighted by Crippen LogP contribution is -2.67. The first-order valence-corrected chi connectivity index (χ1v) is 7.99. The summed E-state index contributed by atoms with van der Waals surface area (Å²) in [6, 6.07) is 9.61. The number of ether oxygens (including phenoxy) is 1. The molecule has 0 radical (unpaired) electrons. The van der Waals surface area contributed by atoms with E-state index in [-0.39, 0.29) is 18.6 Å². The summed E-state index contributed by atoms with van der Waals surface area (Å²) in [5.74, 6) is -0.0184.